The summed E-state index contributed by atoms with van der Waals surface area (Å²) in [4.78, 5) is 12.0. The minimum absolute atomic E-state index is 0.339. The van der Waals surface area contributed by atoms with Crippen molar-refractivity contribution in [1.82, 2.24) is 15.0 Å². The maximum atomic E-state index is 11.3. The van der Waals surface area contributed by atoms with Gasteiger partial charge in [-0.05, 0) is 18.6 Å². The van der Waals surface area contributed by atoms with Gasteiger partial charge in [0.1, 0.15) is 0 Å². The van der Waals surface area contributed by atoms with Crippen LogP contribution < -0.4 is 0 Å². The predicted octanol–water partition coefficient (Wildman–Crippen LogP) is 6.58. The van der Waals surface area contributed by atoms with Crippen LogP contribution in [-0.2, 0) is 12.3 Å². The maximum absolute atomic E-state index is 11.3. The maximum Gasteiger partial charge on any atom is 0.336 e. The molecule has 5 nitrogen and oxygen atoms in total. The minimum Gasteiger partial charge on any atom is -0.478 e. The third kappa shape index (κ3) is 9.48. The van der Waals surface area contributed by atoms with Crippen molar-refractivity contribution in [2.45, 2.75) is 94.7 Å². The molecule has 0 saturated carbocycles. The average molecular weight is 418 g/mol. The predicted molar refractivity (Wildman–Crippen MR) is 119 cm³/mol. The third-order valence-electron chi connectivity index (χ3n) is 5.07. The number of aromatic carboxylic acids is 1. The van der Waals surface area contributed by atoms with Gasteiger partial charge in [-0.3, -0.25) is 4.68 Å². The molecule has 0 aliphatic carbocycles. The highest BCUT2D eigenvalue weighted by atomic mass is 32.2. The van der Waals surface area contributed by atoms with Crippen molar-refractivity contribution >= 4 is 17.7 Å². The van der Waals surface area contributed by atoms with Crippen molar-refractivity contribution in [2.24, 2.45) is 0 Å². The van der Waals surface area contributed by atoms with Crippen LogP contribution in [0.5, 0.6) is 0 Å². The average Bonchev–Trinajstić information content (AvgIpc) is 3.18. The molecule has 0 aliphatic rings. The molecular formula is C23H35N3O2S. The zero-order valence-electron chi connectivity index (χ0n) is 17.7. The molecule has 160 valence electrons. The van der Waals surface area contributed by atoms with E-state index in [1.165, 1.54) is 76.0 Å². The Morgan fingerprint density at radius 1 is 0.966 bits per heavy atom. The van der Waals surface area contributed by atoms with Crippen LogP contribution in [0.3, 0.4) is 0 Å². The van der Waals surface area contributed by atoms with Crippen LogP contribution in [0.4, 0.5) is 0 Å². The highest BCUT2D eigenvalue weighted by molar-refractivity contribution is 7.98. The molecule has 0 radical (unpaired) electrons. The van der Waals surface area contributed by atoms with Gasteiger partial charge in [0, 0.05) is 23.4 Å². The number of nitrogens with zero attached hydrogens (tertiary/aromatic N) is 3. The molecule has 1 aromatic carbocycles. The summed E-state index contributed by atoms with van der Waals surface area (Å²) in [5.41, 5.74) is 1.23. The number of aromatic nitrogens is 3. The number of carboxylic acid groups (broad SMARTS) is 1. The van der Waals surface area contributed by atoms with Crippen molar-refractivity contribution < 1.29 is 9.90 Å². The number of rotatable bonds is 16. The van der Waals surface area contributed by atoms with E-state index in [2.05, 4.69) is 17.2 Å². The molecule has 1 heterocycles. The summed E-state index contributed by atoms with van der Waals surface area (Å²) in [6.45, 7) is 3.17. The van der Waals surface area contributed by atoms with Crippen molar-refractivity contribution in [3.63, 3.8) is 0 Å². The number of unbranched alkanes of at least 4 members (excludes halogenated alkanes) is 10. The molecule has 2 rings (SSSR count). The van der Waals surface area contributed by atoms with Crippen molar-refractivity contribution in [3.8, 4) is 0 Å². The van der Waals surface area contributed by atoms with Crippen molar-refractivity contribution in [1.29, 1.82) is 0 Å². The van der Waals surface area contributed by atoms with Crippen molar-refractivity contribution in [2.75, 3.05) is 0 Å². The SMILES string of the molecule is CCCCCCCCCCCCCn1cc(CSc2ccccc2C(=O)O)nn1. The van der Waals surface area contributed by atoms with Gasteiger partial charge in [0.2, 0.25) is 0 Å². The number of thioether (sulfide) groups is 1. The van der Waals surface area contributed by atoms with Crippen LogP contribution in [0.25, 0.3) is 0 Å². The Morgan fingerprint density at radius 2 is 1.59 bits per heavy atom. The van der Waals surface area contributed by atoms with E-state index in [9.17, 15) is 9.90 Å². The first kappa shape index (κ1) is 23.5. The molecule has 0 saturated heterocycles. The standard InChI is InChI=1S/C23H35N3O2S/c1-2-3-4-5-6-7-8-9-10-11-14-17-26-18-20(24-25-26)19-29-22-16-13-12-15-21(22)23(27)28/h12-13,15-16,18H,2-11,14,17,19H2,1H3,(H,27,28). The molecule has 29 heavy (non-hydrogen) atoms. The summed E-state index contributed by atoms with van der Waals surface area (Å²) in [6.07, 6.45) is 16.7. The summed E-state index contributed by atoms with van der Waals surface area (Å²) in [6, 6.07) is 7.08. The minimum atomic E-state index is -0.895. The molecule has 0 spiro atoms. The normalized spacial score (nSPS) is 11.1. The Kier molecular flexibility index (Phi) is 11.5. The van der Waals surface area contributed by atoms with Crippen LogP contribution >= 0.6 is 11.8 Å². The quantitative estimate of drug-likeness (QED) is 0.247. The Bertz CT molecular complexity index is 718. The second-order valence-electron chi connectivity index (χ2n) is 7.60. The molecule has 0 atom stereocenters. The lowest BCUT2D eigenvalue weighted by Crippen LogP contribution is -1.98. The van der Waals surface area contributed by atoms with Crippen LogP contribution in [0.2, 0.25) is 0 Å². The summed E-state index contributed by atoms with van der Waals surface area (Å²) in [5, 5.41) is 17.7. The van der Waals surface area contributed by atoms with Gasteiger partial charge in [-0.2, -0.15) is 0 Å². The van der Waals surface area contributed by atoms with Crippen molar-refractivity contribution in [3.05, 3.63) is 41.7 Å². The van der Waals surface area contributed by atoms with E-state index in [4.69, 9.17) is 0 Å². The van der Waals surface area contributed by atoms with Crippen LogP contribution in [0.1, 0.15) is 93.6 Å². The fourth-order valence-electron chi connectivity index (χ4n) is 3.37. The zero-order chi connectivity index (χ0) is 20.7. The van der Waals surface area contributed by atoms with E-state index < -0.39 is 5.97 Å². The molecule has 1 aromatic heterocycles. The first-order valence-corrected chi connectivity index (χ1v) is 12.0. The van der Waals surface area contributed by atoms with E-state index in [0.29, 0.717) is 11.3 Å². The second-order valence-corrected chi connectivity index (χ2v) is 8.62. The Morgan fingerprint density at radius 3 is 2.24 bits per heavy atom. The van der Waals surface area contributed by atoms with Crippen LogP contribution in [-0.4, -0.2) is 26.1 Å². The van der Waals surface area contributed by atoms with Gasteiger partial charge in [-0.25, -0.2) is 4.79 Å². The van der Waals surface area contributed by atoms with E-state index in [1.54, 1.807) is 12.1 Å². The molecule has 0 aliphatic heterocycles. The van der Waals surface area contributed by atoms with Gasteiger partial charge in [0.05, 0.1) is 11.3 Å². The van der Waals surface area contributed by atoms with Gasteiger partial charge < -0.3 is 5.11 Å². The molecule has 6 heteroatoms. The topological polar surface area (TPSA) is 68.0 Å². The molecular weight excluding hydrogens is 382 g/mol. The monoisotopic (exact) mass is 417 g/mol. The molecule has 1 N–H and O–H groups in total. The van der Waals surface area contributed by atoms with Gasteiger partial charge in [0.25, 0.3) is 0 Å². The van der Waals surface area contributed by atoms with Crippen LogP contribution in [0, 0.1) is 0 Å². The Labute approximate surface area is 179 Å². The number of hydrogen-bond donors (Lipinski definition) is 1. The largest absolute Gasteiger partial charge is 0.478 e. The summed E-state index contributed by atoms with van der Waals surface area (Å²) in [7, 11) is 0. The smallest absolute Gasteiger partial charge is 0.336 e. The number of benzene rings is 1. The van der Waals surface area contributed by atoms with Gasteiger partial charge in [0.15, 0.2) is 0 Å². The van der Waals surface area contributed by atoms with Gasteiger partial charge >= 0.3 is 5.97 Å². The Balaban J connectivity index is 1.56. The first-order chi connectivity index (χ1) is 14.2. The van der Waals surface area contributed by atoms with Crippen LogP contribution in [0.15, 0.2) is 35.4 Å². The van der Waals surface area contributed by atoms with E-state index in [0.717, 1.165) is 23.6 Å². The first-order valence-electron chi connectivity index (χ1n) is 11.0. The fourth-order valence-corrected chi connectivity index (χ4v) is 4.29. The zero-order valence-corrected chi connectivity index (χ0v) is 18.5. The highest BCUT2D eigenvalue weighted by Gasteiger charge is 2.10. The molecule has 0 fully saturated rings. The number of carboxylic acids is 1. The highest BCUT2D eigenvalue weighted by Crippen LogP contribution is 2.25. The summed E-state index contributed by atoms with van der Waals surface area (Å²) >= 11 is 1.49. The fraction of sp³-hybridized carbons (Fsp3) is 0.609. The number of aryl methyl sites for hydroxylation is 1. The molecule has 0 bridgehead atoms. The number of hydrogen-bond acceptors (Lipinski definition) is 4. The third-order valence-corrected chi connectivity index (χ3v) is 6.18. The van der Waals surface area contributed by atoms with E-state index in [1.807, 2.05) is 23.0 Å². The molecule has 0 amide bonds. The lowest BCUT2D eigenvalue weighted by Gasteiger charge is -2.04. The number of carbonyl (C=O) groups is 1. The summed E-state index contributed by atoms with van der Waals surface area (Å²) in [5.74, 6) is -0.268. The van der Waals surface area contributed by atoms with E-state index in [-0.39, 0.29) is 0 Å². The molecule has 2 aromatic rings. The second kappa shape index (κ2) is 14.2. The molecule has 0 unspecified atom stereocenters. The van der Waals surface area contributed by atoms with E-state index >= 15 is 0 Å². The Hall–Kier alpha value is -1.82. The lowest BCUT2D eigenvalue weighted by atomic mass is 10.1. The summed E-state index contributed by atoms with van der Waals surface area (Å²) < 4.78 is 1.91. The van der Waals surface area contributed by atoms with Gasteiger partial charge in [-0.15, -0.1) is 16.9 Å². The van der Waals surface area contributed by atoms with Gasteiger partial charge in [-0.1, -0.05) is 88.5 Å². The lowest BCUT2D eigenvalue weighted by molar-refractivity contribution is 0.0693.